The van der Waals surface area contributed by atoms with Crippen molar-refractivity contribution < 1.29 is 34.4 Å². The van der Waals surface area contributed by atoms with E-state index in [1.807, 2.05) is 0 Å². The number of hydrogen-bond acceptors (Lipinski definition) is 11. The molecule has 10 nitrogen and oxygen atoms in total. The van der Waals surface area contributed by atoms with Crippen LogP contribution >= 0.6 is 23.1 Å². The van der Waals surface area contributed by atoms with Crippen LogP contribution in [0.2, 0.25) is 0 Å². The van der Waals surface area contributed by atoms with Crippen molar-refractivity contribution in [2.75, 3.05) is 19.0 Å². The number of carbonyl (C=O) groups excluding carboxylic acids is 2. The minimum atomic E-state index is -0.605. The summed E-state index contributed by atoms with van der Waals surface area (Å²) < 4.78 is 11.5. The first kappa shape index (κ1) is 21.1. The molecule has 0 aromatic carbocycles. The van der Waals surface area contributed by atoms with Crippen LogP contribution in [-0.2, 0) is 27.3 Å². The SMILES string of the molecule is O=C(CSc1nnc(C2CC2)n1O)Oc1sc2c(c1C(=O)OCCOO)CCCC2. The number of aryl methyl sites for hydroxylation is 1. The van der Waals surface area contributed by atoms with E-state index < -0.39 is 11.9 Å². The molecule has 2 aliphatic carbocycles. The minimum Gasteiger partial charge on any atom is -0.459 e. The fourth-order valence-electron chi connectivity index (χ4n) is 3.28. The van der Waals surface area contributed by atoms with E-state index in [4.69, 9.17) is 14.7 Å². The van der Waals surface area contributed by atoms with E-state index in [1.54, 1.807) is 0 Å². The van der Waals surface area contributed by atoms with Crippen molar-refractivity contribution in [2.24, 2.45) is 0 Å². The maximum atomic E-state index is 12.5. The van der Waals surface area contributed by atoms with E-state index >= 15 is 0 Å². The van der Waals surface area contributed by atoms with Gasteiger partial charge in [-0.05, 0) is 44.1 Å². The largest absolute Gasteiger partial charge is 0.459 e. The normalized spacial score (nSPS) is 15.6. The number of fused-ring (bicyclic) bond motifs is 1. The van der Waals surface area contributed by atoms with Crippen molar-refractivity contribution in [3.05, 3.63) is 21.8 Å². The molecule has 2 heterocycles. The number of nitrogens with zero attached hydrogens (tertiary/aromatic N) is 3. The summed E-state index contributed by atoms with van der Waals surface area (Å²) in [4.78, 5) is 29.9. The summed E-state index contributed by atoms with van der Waals surface area (Å²) in [6.45, 7) is -0.257. The zero-order valence-electron chi connectivity index (χ0n) is 16.0. The highest BCUT2D eigenvalue weighted by Gasteiger charge is 2.31. The molecule has 0 radical (unpaired) electrons. The summed E-state index contributed by atoms with van der Waals surface area (Å²) in [7, 11) is 0. The number of rotatable bonds is 9. The first-order valence-corrected chi connectivity index (χ1v) is 11.4. The number of thioether (sulfide) groups is 1. The number of thiophene rings is 1. The maximum absolute atomic E-state index is 12.5. The van der Waals surface area contributed by atoms with E-state index in [0.717, 1.165) is 65.5 Å². The second kappa shape index (κ2) is 9.33. The number of aromatic nitrogens is 3. The molecule has 0 bridgehead atoms. The smallest absolute Gasteiger partial charge is 0.343 e. The van der Waals surface area contributed by atoms with Crippen LogP contribution in [0, 0.1) is 0 Å². The highest BCUT2D eigenvalue weighted by molar-refractivity contribution is 7.99. The Morgan fingerprint density at radius 1 is 1.20 bits per heavy atom. The molecule has 2 aromatic heterocycles. The van der Waals surface area contributed by atoms with Crippen molar-refractivity contribution in [2.45, 2.75) is 49.6 Å². The van der Waals surface area contributed by atoms with Gasteiger partial charge in [-0.25, -0.2) is 9.68 Å². The second-order valence-corrected chi connectivity index (χ2v) is 9.04. The van der Waals surface area contributed by atoms with Crippen molar-refractivity contribution in [3.8, 4) is 5.06 Å². The highest BCUT2D eigenvalue weighted by Crippen LogP contribution is 2.41. The van der Waals surface area contributed by atoms with E-state index in [0.29, 0.717) is 5.82 Å². The van der Waals surface area contributed by atoms with Crippen molar-refractivity contribution in [1.82, 2.24) is 14.9 Å². The van der Waals surface area contributed by atoms with Crippen LogP contribution in [0.3, 0.4) is 0 Å². The quantitative estimate of drug-likeness (QED) is 0.145. The Hall–Kier alpha value is -2.15. The molecule has 0 spiro atoms. The van der Waals surface area contributed by atoms with Crippen molar-refractivity contribution in [3.63, 3.8) is 0 Å². The molecule has 2 N–H and O–H groups in total. The second-order valence-electron chi connectivity index (χ2n) is 7.03. The lowest BCUT2D eigenvalue weighted by Crippen LogP contribution is -2.16. The summed E-state index contributed by atoms with van der Waals surface area (Å²) in [6.07, 6.45) is 5.44. The fourth-order valence-corrected chi connectivity index (χ4v) is 5.14. The molecule has 2 aliphatic rings. The first-order chi connectivity index (χ1) is 14.6. The van der Waals surface area contributed by atoms with E-state index in [2.05, 4.69) is 15.1 Å². The highest BCUT2D eigenvalue weighted by atomic mass is 32.2. The predicted molar refractivity (Wildman–Crippen MR) is 105 cm³/mol. The lowest BCUT2D eigenvalue weighted by atomic mass is 9.96. The van der Waals surface area contributed by atoms with Gasteiger partial charge in [0, 0.05) is 10.8 Å². The number of carbonyl (C=O) groups is 2. The van der Waals surface area contributed by atoms with E-state index in [9.17, 15) is 14.8 Å². The molecule has 30 heavy (non-hydrogen) atoms. The molecule has 0 amide bonds. The maximum Gasteiger partial charge on any atom is 0.343 e. The Morgan fingerprint density at radius 2 is 2.00 bits per heavy atom. The molecule has 1 fully saturated rings. The Labute approximate surface area is 180 Å². The van der Waals surface area contributed by atoms with Gasteiger partial charge in [0.25, 0.3) is 0 Å². The summed E-state index contributed by atoms with van der Waals surface area (Å²) >= 11 is 2.30. The van der Waals surface area contributed by atoms with Crippen LogP contribution in [0.4, 0.5) is 0 Å². The lowest BCUT2D eigenvalue weighted by molar-refractivity contribution is -0.246. The van der Waals surface area contributed by atoms with Crippen LogP contribution in [0.25, 0.3) is 0 Å². The van der Waals surface area contributed by atoms with Crippen molar-refractivity contribution in [1.29, 1.82) is 0 Å². The Bertz CT molecular complexity index is 939. The zero-order chi connectivity index (χ0) is 21.1. The molecule has 2 aromatic rings. The van der Waals surface area contributed by atoms with Gasteiger partial charge in [0.05, 0.1) is 5.75 Å². The third-order valence-electron chi connectivity index (χ3n) is 4.86. The van der Waals surface area contributed by atoms with Gasteiger partial charge in [0.15, 0.2) is 10.9 Å². The summed E-state index contributed by atoms with van der Waals surface area (Å²) in [5.74, 6) is -0.535. The van der Waals surface area contributed by atoms with Crippen LogP contribution in [0.5, 0.6) is 5.06 Å². The molecule has 1 saturated carbocycles. The van der Waals surface area contributed by atoms with Gasteiger partial charge in [0.1, 0.15) is 18.8 Å². The van der Waals surface area contributed by atoms with Crippen LogP contribution < -0.4 is 4.74 Å². The van der Waals surface area contributed by atoms with E-state index in [1.165, 1.54) is 11.3 Å². The van der Waals surface area contributed by atoms with Gasteiger partial charge in [0.2, 0.25) is 5.16 Å². The molecular formula is C18H21N3O7S2. The topological polar surface area (TPSA) is 133 Å². The zero-order valence-corrected chi connectivity index (χ0v) is 17.7. The average Bonchev–Trinajstić information content (AvgIpc) is 3.41. The third kappa shape index (κ3) is 4.61. The summed E-state index contributed by atoms with van der Waals surface area (Å²) in [5, 5.41) is 26.8. The van der Waals surface area contributed by atoms with Gasteiger partial charge < -0.3 is 14.7 Å². The van der Waals surface area contributed by atoms with Gasteiger partial charge in [-0.2, -0.15) is 0 Å². The Kier molecular flexibility index (Phi) is 6.56. The average molecular weight is 456 g/mol. The van der Waals surface area contributed by atoms with Crippen LogP contribution in [-0.4, -0.2) is 56.3 Å². The van der Waals surface area contributed by atoms with Crippen molar-refractivity contribution >= 4 is 35.0 Å². The molecule has 162 valence electrons. The number of esters is 2. The number of hydrogen-bond donors (Lipinski definition) is 2. The number of ether oxygens (including phenoxy) is 2. The lowest BCUT2D eigenvalue weighted by Gasteiger charge is -2.12. The monoisotopic (exact) mass is 455 g/mol. The molecule has 0 unspecified atom stereocenters. The van der Waals surface area contributed by atoms with Gasteiger partial charge in [-0.1, -0.05) is 11.8 Å². The molecule has 0 atom stereocenters. The first-order valence-electron chi connectivity index (χ1n) is 9.64. The summed E-state index contributed by atoms with van der Waals surface area (Å²) in [6, 6.07) is 0. The molecule has 12 heteroatoms. The summed E-state index contributed by atoms with van der Waals surface area (Å²) in [5.41, 5.74) is 1.13. The molecule has 4 rings (SSSR count). The minimum absolute atomic E-state index is 0.0984. The van der Waals surface area contributed by atoms with Crippen LogP contribution in [0.1, 0.15) is 58.2 Å². The Balaban J connectivity index is 1.43. The molecular weight excluding hydrogens is 434 g/mol. The predicted octanol–water partition coefficient (Wildman–Crippen LogP) is 2.68. The molecule has 0 saturated heterocycles. The van der Waals surface area contributed by atoms with Gasteiger partial charge in [-0.3, -0.25) is 10.1 Å². The van der Waals surface area contributed by atoms with Gasteiger partial charge >= 0.3 is 11.9 Å². The van der Waals surface area contributed by atoms with Crippen LogP contribution in [0.15, 0.2) is 5.16 Å². The molecule has 0 aliphatic heterocycles. The Morgan fingerprint density at radius 3 is 2.77 bits per heavy atom. The van der Waals surface area contributed by atoms with E-state index in [-0.39, 0.29) is 40.7 Å². The third-order valence-corrected chi connectivity index (χ3v) is 6.92. The van der Waals surface area contributed by atoms with Gasteiger partial charge in [-0.15, -0.1) is 26.3 Å². The standard InChI is InChI=1S/C18H21N3O7S2/c22-13(9-29-18-20-19-15(21(18)24)10-5-6-10)28-17-14(16(23)26-7-8-27-25)11-3-1-2-4-12(11)30-17/h10,24-25H,1-9H2. The fraction of sp³-hybridized carbons (Fsp3) is 0.556.